The van der Waals surface area contributed by atoms with E-state index in [4.69, 9.17) is 16.6 Å². The van der Waals surface area contributed by atoms with Crippen LogP contribution in [0, 0.1) is 0 Å². The van der Waals surface area contributed by atoms with Gasteiger partial charge < -0.3 is 5.11 Å². The van der Waals surface area contributed by atoms with Crippen LogP contribution in [0.15, 0.2) is 24.3 Å². The largest absolute Gasteiger partial charge is 0.394 e. The summed E-state index contributed by atoms with van der Waals surface area (Å²) in [5.41, 5.74) is 2.33. The molecule has 1 aliphatic carbocycles. The lowest BCUT2D eigenvalue weighted by Crippen LogP contribution is -2.27. The smallest absolute Gasteiger partial charge is 0.110 e. The second kappa shape index (κ2) is 7.09. The minimum atomic E-state index is -0.104. The summed E-state index contributed by atoms with van der Waals surface area (Å²) in [6.07, 6.45) is 4.81. The molecule has 118 valence electrons. The van der Waals surface area contributed by atoms with E-state index in [0.717, 1.165) is 17.0 Å². The van der Waals surface area contributed by atoms with E-state index in [1.165, 1.54) is 29.8 Å². The van der Waals surface area contributed by atoms with Crippen molar-refractivity contribution in [2.24, 2.45) is 0 Å². The van der Waals surface area contributed by atoms with Crippen LogP contribution in [-0.4, -0.2) is 16.7 Å². The average Bonchev–Trinajstić information content (AvgIpc) is 2.97. The minimum absolute atomic E-state index is 0.0526. The van der Waals surface area contributed by atoms with Crippen molar-refractivity contribution in [3.63, 3.8) is 0 Å². The van der Waals surface area contributed by atoms with Gasteiger partial charge in [-0.1, -0.05) is 23.7 Å². The van der Waals surface area contributed by atoms with Crippen LogP contribution >= 0.6 is 22.9 Å². The Balaban J connectivity index is 1.72. The van der Waals surface area contributed by atoms with Crippen molar-refractivity contribution in [2.45, 2.75) is 44.7 Å². The van der Waals surface area contributed by atoms with Crippen LogP contribution in [0.5, 0.6) is 0 Å². The number of aliphatic hydroxyl groups is 1. The molecule has 2 unspecified atom stereocenters. The van der Waals surface area contributed by atoms with E-state index in [-0.39, 0.29) is 18.7 Å². The van der Waals surface area contributed by atoms with E-state index in [9.17, 15) is 5.11 Å². The Labute approximate surface area is 140 Å². The molecular weight excluding hydrogens is 316 g/mol. The molecule has 0 amide bonds. The quantitative estimate of drug-likeness (QED) is 0.865. The summed E-state index contributed by atoms with van der Waals surface area (Å²) in [5.74, 6) is 0. The Kier molecular flexibility index (Phi) is 5.14. The maximum Gasteiger partial charge on any atom is 0.110 e. The molecule has 2 aromatic rings. The summed E-state index contributed by atoms with van der Waals surface area (Å²) < 4.78 is 0. The molecule has 2 atom stereocenters. The number of fused-ring (bicyclic) bond motifs is 1. The number of aliphatic hydroxyl groups excluding tert-OH is 1. The maximum atomic E-state index is 9.69. The normalized spacial score (nSPS) is 17.0. The summed E-state index contributed by atoms with van der Waals surface area (Å²) in [5, 5.41) is 15.0. The van der Waals surface area contributed by atoms with Crippen LogP contribution in [-0.2, 0) is 12.8 Å². The van der Waals surface area contributed by atoms with Gasteiger partial charge in [0.1, 0.15) is 5.01 Å². The van der Waals surface area contributed by atoms with Crippen molar-refractivity contribution >= 4 is 22.9 Å². The second-order valence-corrected chi connectivity index (χ2v) is 7.36. The molecule has 1 aromatic heterocycles. The first-order valence-corrected chi connectivity index (χ1v) is 8.97. The predicted octanol–water partition coefficient (Wildman–Crippen LogP) is 4.06. The van der Waals surface area contributed by atoms with E-state index in [1.807, 2.05) is 35.6 Å². The van der Waals surface area contributed by atoms with Gasteiger partial charge in [0.05, 0.1) is 24.4 Å². The molecule has 5 heteroatoms. The van der Waals surface area contributed by atoms with E-state index in [0.29, 0.717) is 5.02 Å². The molecule has 0 bridgehead atoms. The summed E-state index contributed by atoms with van der Waals surface area (Å²) in [7, 11) is 0. The third-order valence-electron chi connectivity index (χ3n) is 4.14. The van der Waals surface area contributed by atoms with Crippen molar-refractivity contribution < 1.29 is 5.11 Å². The zero-order chi connectivity index (χ0) is 15.5. The van der Waals surface area contributed by atoms with Crippen molar-refractivity contribution in [1.82, 2.24) is 10.3 Å². The van der Waals surface area contributed by atoms with Crippen molar-refractivity contribution in [1.29, 1.82) is 0 Å². The number of nitrogens with one attached hydrogen (secondary N) is 1. The fraction of sp³-hybridized carbons (Fsp3) is 0.471. The Morgan fingerprint density at radius 3 is 2.68 bits per heavy atom. The highest BCUT2D eigenvalue weighted by molar-refractivity contribution is 7.11. The number of rotatable bonds is 5. The molecular formula is C17H21ClN2OS. The molecule has 0 radical (unpaired) electrons. The third kappa shape index (κ3) is 3.51. The molecule has 0 fully saturated rings. The van der Waals surface area contributed by atoms with Gasteiger partial charge in [0.15, 0.2) is 0 Å². The summed E-state index contributed by atoms with van der Waals surface area (Å²) in [6, 6.07) is 7.64. The molecule has 22 heavy (non-hydrogen) atoms. The second-order valence-electron chi connectivity index (χ2n) is 5.80. The highest BCUT2D eigenvalue weighted by Crippen LogP contribution is 2.30. The molecule has 3 nitrogen and oxygen atoms in total. The monoisotopic (exact) mass is 336 g/mol. The fourth-order valence-electron chi connectivity index (χ4n) is 2.88. The van der Waals surface area contributed by atoms with Gasteiger partial charge in [0.25, 0.3) is 0 Å². The number of nitrogens with zero attached hydrogens (tertiary/aromatic N) is 1. The first kappa shape index (κ1) is 15.9. The van der Waals surface area contributed by atoms with E-state index >= 15 is 0 Å². The van der Waals surface area contributed by atoms with Gasteiger partial charge in [0, 0.05) is 9.90 Å². The van der Waals surface area contributed by atoms with Gasteiger partial charge in [-0.3, -0.25) is 5.32 Å². The average molecular weight is 337 g/mol. The first-order chi connectivity index (χ1) is 10.7. The summed E-state index contributed by atoms with van der Waals surface area (Å²) >= 11 is 7.75. The standard InChI is InChI=1S/C17H21ClN2OS/c1-11(17-20-14-4-2-3-5-16(14)22-17)19-15(10-21)12-6-8-13(18)9-7-12/h6-9,11,15,19,21H,2-5,10H2,1H3. The van der Waals surface area contributed by atoms with Crippen LogP contribution in [0.4, 0.5) is 0 Å². The summed E-state index contributed by atoms with van der Waals surface area (Å²) in [6.45, 7) is 2.17. The van der Waals surface area contributed by atoms with Gasteiger partial charge in [-0.25, -0.2) is 4.98 Å². The number of aryl methyl sites for hydroxylation is 2. The minimum Gasteiger partial charge on any atom is -0.394 e. The zero-order valence-electron chi connectivity index (χ0n) is 12.7. The molecule has 0 saturated carbocycles. The van der Waals surface area contributed by atoms with Gasteiger partial charge in [-0.2, -0.15) is 0 Å². The number of hydrogen-bond donors (Lipinski definition) is 2. The lowest BCUT2D eigenvalue weighted by Gasteiger charge is -2.21. The van der Waals surface area contributed by atoms with Crippen LogP contribution in [0.1, 0.15) is 53.0 Å². The van der Waals surface area contributed by atoms with Crippen LogP contribution in [0.25, 0.3) is 0 Å². The summed E-state index contributed by atoms with van der Waals surface area (Å²) in [4.78, 5) is 6.25. The lowest BCUT2D eigenvalue weighted by molar-refractivity contribution is 0.235. The van der Waals surface area contributed by atoms with Gasteiger partial charge in [-0.15, -0.1) is 11.3 Å². The van der Waals surface area contributed by atoms with Crippen molar-refractivity contribution in [2.75, 3.05) is 6.61 Å². The molecule has 1 aliphatic rings. The lowest BCUT2D eigenvalue weighted by atomic mass is 10.0. The number of benzene rings is 1. The van der Waals surface area contributed by atoms with Gasteiger partial charge in [0.2, 0.25) is 0 Å². The van der Waals surface area contributed by atoms with Crippen molar-refractivity contribution in [3.05, 3.63) is 50.4 Å². The van der Waals surface area contributed by atoms with Gasteiger partial charge >= 0.3 is 0 Å². The number of thiazole rings is 1. The number of aromatic nitrogens is 1. The number of halogens is 1. The number of hydrogen-bond acceptors (Lipinski definition) is 4. The Morgan fingerprint density at radius 2 is 2.00 bits per heavy atom. The molecule has 1 heterocycles. The van der Waals surface area contributed by atoms with Gasteiger partial charge in [-0.05, 0) is 50.3 Å². The predicted molar refractivity (Wildman–Crippen MR) is 91.6 cm³/mol. The molecule has 2 N–H and O–H groups in total. The van der Waals surface area contributed by atoms with Crippen LogP contribution in [0.2, 0.25) is 5.02 Å². The highest BCUT2D eigenvalue weighted by atomic mass is 35.5. The fourth-order valence-corrected chi connectivity index (χ4v) is 4.17. The van der Waals surface area contributed by atoms with Crippen LogP contribution in [0.3, 0.4) is 0 Å². The Bertz CT molecular complexity index is 603. The molecule has 1 aromatic carbocycles. The Hall–Kier alpha value is -0.940. The van der Waals surface area contributed by atoms with E-state index in [2.05, 4.69) is 12.2 Å². The SMILES string of the molecule is CC(NC(CO)c1ccc(Cl)cc1)c1nc2c(s1)CCCC2. The molecule has 3 rings (SSSR count). The van der Waals surface area contributed by atoms with E-state index < -0.39 is 0 Å². The highest BCUT2D eigenvalue weighted by Gasteiger charge is 2.21. The zero-order valence-corrected chi connectivity index (χ0v) is 14.3. The molecule has 0 saturated heterocycles. The molecule has 0 spiro atoms. The van der Waals surface area contributed by atoms with E-state index in [1.54, 1.807) is 0 Å². The van der Waals surface area contributed by atoms with Crippen molar-refractivity contribution in [3.8, 4) is 0 Å². The Morgan fingerprint density at radius 1 is 1.27 bits per heavy atom. The molecule has 0 aliphatic heterocycles. The maximum absolute atomic E-state index is 9.69. The topological polar surface area (TPSA) is 45.1 Å². The van der Waals surface area contributed by atoms with Crippen LogP contribution < -0.4 is 5.32 Å². The first-order valence-electron chi connectivity index (χ1n) is 7.78. The third-order valence-corrected chi connectivity index (χ3v) is 5.73.